The zero-order valence-corrected chi connectivity index (χ0v) is 19.8. The third-order valence-electron chi connectivity index (χ3n) is 5.16. The van der Waals surface area contributed by atoms with Crippen molar-refractivity contribution in [2.24, 2.45) is 10.3 Å². The molecule has 1 aliphatic heterocycles. The maximum atomic E-state index is 8.11. The van der Waals surface area contributed by atoms with Crippen LogP contribution in [0.2, 0.25) is 0 Å². The summed E-state index contributed by atoms with van der Waals surface area (Å²) in [7, 11) is 0. The average molecular weight is 436 g/mol. The summed E-state index contributed by atoms with van der Waals surface area (Å²) in [5, 5.41) is 10.8. The molecule has 0 radical (unpaired) electrons. The molecule has 6 heteroatoms. The molecule has 6 nitrogen and oxygen atoms in total. The molecule has 1 heterocycles. The van der Waals surface area contributed by atoms with E-state index >= 15 is 0 Å². The summed E-state index contributed by atoms with van der Waals surface area (Å²) in [5.41, 5.74) is 1.40. The van der Waals surface area contributed by atoms with Crippen LogP contribution >= 0.6 is 0 Å². The van der Waals surface area contributed by atoms with Gasteiger partial charge in [0.1, 0.15) is 0 Å². The Morgan fingerprint density at radius 1 is 1.00 bits per heavy atom. The molecular formula is C25H45N3O3. The highest BCUT2D eigenvalue weighted by atomic mass is 16.6. The second kappa shape index (κ2) is 24.3. The minimum absolute atomic E-state index is 0.399. The first kappa shape index (κ1) is 29.1. The number of aliphatic imine (C=N–C) groups is 1. The third-order valence-corrected chi connectivity index (χ3v) is 5.16. The van der Waals surface area contributed by atoms with Gasteiger partial charge in [0.25, 0.3) is 0 Å². The van der Waals surface area contributed by atoms with Crippen molar-refractivity contribution in [1.82, 2.24) is 5.32 Å². The lowest BCUT2D eigenvalue weighted by atomic mass is 10.0. The first-order valence-corrected chi connectivity index (χ1v) is 12.1. The fourth-order valence-electron chi connectivity index (χ4n) is 3.54. The number of unbranched alkanes of at least 4 members (excludes halogenated alkanes) is 9. The number of benzene rings is 1. The molecule has 1 aromatic carbocycles. The lowest BCUT2D eigenvalue weighted by Crippen LogP contribution is -2.16. The van der Waals surface area contributed by atoms with Gasteiger partial charge in [0, 0.05) is 13.2 Å². The molecule has 1 unspecified atom stereocenters. The van der Waals surface area contributed by atoms with Crippen molar-refractivity contribution in [3.63, 3.8) is 0 Å². The molecule has 0 saturated heterocycles. The van der Waals surface area contributed by atoms with E-state index in [1.54, 1.807) is 6.34 Å². The maximum absolute atomic E-state index is 8.11. The van der Waals surface area contributed by atoms with Crippen LogP contribution in [0.5, 0.6) is 0 Å². The lowest BCUT2D eigenvalue weighted by molar-refractivity contribution is 0.0552. The molecule has 2 N–H and O–H groups in total. The predicted octanol–water partition coefficient (Wildman–Crippen LogP) is 6.71. The van der Waals surface area contributed by atoms with Crippen LogP contribution in [-0.2, 0) is 11.2 Å². The molecular weight excluding hydrogens is 390 g/mol. The molecule has 1 aromatic rings. The third kappa shape index (κ3) is 21.1. The van der Waals surface area contributed by atoms with Crippen LogP contribution in [0.1, 0.15) is 90.0 Å². The summed E-state index contributed by atoms with van der Waals surface area (Å²) in [6.45, 7) is 7.21. The van der Waals surface area contributed by atoms with Gasteiger partial charge in [-0.3, -0.25) is 4.99 Å². The zero-order valence-electron chi connectivity index (χ0n) is 19.8. The standard InChI is InChI=1S/C22H38O.C3H6N2.HNO2/c1-3-5-6-7-8-9-10-11-12-16-19-22(23-4-2)20-21-17-14-13-15-18-21;1-2-5-3-4-1;2-1-3/h13-15,17-18,22H,3-12,16,19-20H2,1-2H3;3H,1-2H2,(H,4,5);(H,2,3). The van der Waals surface area contributed by atoms with Gasteiger partial charge in [0.2, 0.25) is 0 Å². The summed E-state index contributed by atoms with van der Waals surface area (Å²) in [4.78, 5) is 12.0. The van der Waals surface area contributed by atoms with Crippen molar-refractivity contribution in [2.45, 2.75) is 97.0 Å². The van der Waals surface area contributed by atoms with Gasteiger partial charge in [-0.15, -0.1) is 4.91 Å². The minimum atomic E-state index is 0.399. The van der Waals surface area contributed by atoms with Gasteiger partial charge in [0.05, 0.1) is 19.0 Å². The number of ether oxygens (including phenoxy) is 1. The summed E-state index contributed by atoms with van der Waals surface area (Å²) in [6, 6.07) is 10.8. The summed E-state index contributed by atoms with van der Waals surface area (Å²) in [6.07, 6.45) is 18.4. The van der Waals surface area contributed by atoms with Crippen LogP contribution in [-0.4, -0.2) is 37.3 Å². The Bertz CT molecular complexity index is 506. The fraction of sp³-hybridized carbons (Fsp3) is 0.720. The predicted molar refractivity (Wildman–Crippen MR) is 131 cm³/mol. The molecule has 1 aliphatic rings. The van der Waals surface area contributed by atoms with Gasteiger partial charge < -0.3 is 15.3 Å². The molecule has 0 bridgehead atoms. The van der Waals surface area contributed by atoms with Gasteiger partial charge in [-0.1, -0.05) is 101 Å². The quantitative estimate of drug-likeness (QED) is 0.182. The maximum Gasteiger partial charge on any atom is 0.152 e. The van der Waals surface area contributed by atoms with Gasteiger partial charge in [-0.2, -0.15) is 0 Å². The highest BCUT2D eigenvalue weighted by Gasteiger charge is 2.09. The van der Waals surface area contributed by atoms with Crippen molar-refractivity contribution in [1.29, 1.82) is 0 Å². The molecule has 1 atom stereocenters. The molecule has 31 heavy (non-hydrogen) atoms. The minimum Gasteiger partial charge on any atom is -0.379 e. The highest BCUT2D eigenvalue weighted by Crippen LogP contribution is 2.15. The molecule has 0 amide bonds. The molecule has 2 rings (SSSR count). The Kier molecular flexibility index (Phi) is 22.8. The van der Waals surface area contributed by atoms with Crippen LogP contribution < -0.4 is 5.32 Å². The van der Waals surface area contributed by atoms with E-state index in [9.17, 15) is 0 Å². The summed E-state index contributed by atoms with van der Waals surface area (Å²) >= 11 is 0. The van der Waals surface area contributed by atoms with E-state index in [0.29, 0.717) is 6.10 Å². The van der Waals surface area contributed by atoms with E-state index in [2.05, 4.69) is 54.5 Å². The van der Waals surface area contributed by atoms with E-state index in [1.807, 2.05) is 0 Å². The molecule has 0 fully saturated rings. The van der Waals surface area contributed by atoms with Crippen molar-refractivity contribution >= 4 is 6.34 Å². The van der Waals surface area contributed by atoms with Crippen LogP contribution in [0.4, 0.5) is 0 Å². The Hall–Kier alpha value is -1.95. The van der Waals surface area contributed by atoms with E-state index in [4.69, 9.17) is 14.9 Å². The Balaban J connectivity index is 0.000000942. The smallest absolute Gasteiger partial charge is 0.152 e. The van der Waals surface area contributed by atoms with E-state index in [-0.39, 0.29) is 0 Å². The van der Waals surface area contributed by atoms with Crippen molar-refractivity contribution < 1.29 is 9.94 Å². The first-order valence-electron chi connectivity index (χ1n) is 12.1. The van der Waals surface area contributed by atoms with Gasteiger partial charge in [0.15, 0.2) is 5.34 Å². The molecule has 178 valence electrons. The highest BCUT2D eigenvalue weighted by molar-refractivity contribution is 5.56. The molecule has 0 aliphatic carbocycles. The topological polar surface area (TPSA) is 83.3 Å². The van der Waals surface area contributed by atoms with E-state index in [0.717, 1.165) is 26.1 Å². The summed E-state index contributed by atoms with van der Waals surface area (Å²) in [5.74, 6) is 0. The van der Waals surface area contributed by atoms with Crippen LogP contribution in [0.25, 0.3) is 0 Å². The monoisotopic (exact) mass is 435 g/mol. The van der Waals surface area contributed by atoms with E-state index < -0.39 is 0 Å². The van der Waals surface area contributed by atoms with Gasteiger partial charge in [-0.25, -0.2) is 0 Å². The Morgan fingerprint density at radius 2 is 1.58 bits per heavy atom. The Labute approximate surface area is 189 Å². The SMILES string of the molecule is C1=NCCN1.CCCCCCCCCCCCC(Cc1ccccc1)OCC.O=NO. The first-order chi connectivity index (χ1) is 15.3. The van der Waals surface area contributed by atoms with Crippen LogP contribution in [0.3, 0.4) is 0 Å². The fourth-order valence-corrected chi connectivity index (χ4v) is 3.54. The van der Waals surface area contributed by atoms with Crippen LogP contribution in [0, 0.1) is 4.91 Å². The number of hydrogen-bond donors (Lipinski definition) is 2. The van der Waals surface area contributed by atoms with Gasteiger partial charge in [-0.05, 0) is 25.3 Å². The van der Waals surface area contributed by atoms with Crippen LogP contribution in [0.15, 0.2) is 40.7 Å². The second-order valence-corrected chi connectivity index (χ2v) is 7.81. The Morgan fingerprint density at radius 3 is 2.03 bits per heavy atom. The van der Waals surface area contributed by atoms with Crippen molar-refractivity contribution in [3.8, 4) is 0 Å². The second-order valence-electron chi connectivity index (χ2n) is 7.81. The van der Waals surface area contributed by atoms with E-state index in [1.165, 1.54) is 81.5 Å². The summed E-state index contributed by atoms with van der Waals surface area (Å²) < 4.78 is 5.93. The normalized spacial score (nSPS) is 12.7. The molecule has 0 aromatic heterocycles. The number of nitrogens with one attached hydrogen (secondary N) is 1. The van der Waals surface area contributed by atoms with Crippen molar-refractivity contribution in [2.75, 3.05) is 19.7 Å². The molecule has 0 spiro atoms. The largest absolute Gasteiger partial charge is 0.379 e. The van der Waals surface area contributed by atoms with Gasteiger partial charge >= 0.3 is 0 Å². The molecule has 0 saturated carbocycles. The average Bonchev–Trinajstić information content (AvgIpc) is 3.37. The lowest BCUT2D eigenvalue weighted by Gasteiger charge is -2.17. The number of rotatable bonds is 15. The zero-order chi connectivity index (χ0) is 22.8. The van der Waals surface area contributed by atoms with Crippen molar-refractivity contribution in [3.05, 3.63) is 40.8 Å². The number of nitrogens with zero attached hydrogens (tertiary/aromatic N) is 2. The number of hydrogen-bond acceptors (Lipinski definition) is 5.